The normalized spacial score (nSPS) is 15.8. The minimum absolute atomic E-state index is 0.116. The lowest BCUT2D eigenvalue weighted by Gasteiger charge is -2.35. The first-order chi connectivity index (χ1) is 15.7. The second kappa shape index (κ2) is 10.9. The standard InChI is InChI=1S/C21H24F4N4O3S/c22-11-16(26)20(31)29-9-7-28(8-10-29)13-15-5-6-18(33-15)19(30)27-12-14-3-1-2-4-17(14)32-21(23,24)25/h1-6,16H,7-13,26H2,(H,27,30). The van der Waals surface area contributed by atoms with Gasteiger partial charge < -0.3 is 20.7 Å². The molecule has 0 bridgehead atoms. The fraction of sp³-hybridized carbons (Fsp3) is 0.429. The van der Waals surface area contributed by atoms with Crippen LogP contribution in [0.3, 0.4) is 0 Å². The summed E-state index contributed by atoms with van der Waals surface area (Å²) in [4.78, 5) is 29.5. The molecule has 1 aromatic carbocycles. The molecule has 180 valence electrons. The van der Waals surface area contributed by atoms with Crippen LogP contribution in [0, 0.1) is 0 Å². The molecular formula is C21H24F4N4O3S. The summed E-state index contributed by atoms with van der Waals surface area (Å²) in [6.45, 7) is 1.67. The van der Waals surface area contributed by atoms with Crippen LogP contribution in [0.4, 0.5) is 17.6 Å². The molecule has 1 atom stereocenters. The molecular weight excluding hydrogens is 464 g/mol. The van der Waals surface area contributed by atoms with Crippen LogP contribution in [0.5, 0.6) is 5.75 Å². The third-order valence-corrected chi connectivity index (χ3v) is 6.14. The molecule has 1 unspecified atom stereocenters. The Balaban J connectivity index is 1.50. The number of ether oxygens (including phenoxy) is 1. The number of hydrogen-bond donors (Lipinski definition) is 2. The molecule has 2 amide bonds. The van der Waals surface area contributed by atoms with Crippen molar-refractivity contribution in [2.24, 2.45) is 5.73 Å². The van der Waals surface area contributed by atoms with Crippen LogP contribution in [0.25, 0.3) is 0 Å². The number of thiophene rings is 1. The maximum atomic E-state index is 12.6. The molecule has 1 saturated heterocycles. The van der Waals surface area contributed by atoms with Crippen LogP contribution in [-0.2, 0) is 17.9 Å². The van der Waals surface area contributed by atoms with E-state index in [-0.39, 0.29) is 17.9 Å². The van der Waals surface area contributed by atoms with E-state index in [4.69, 9.17) is 5.73 Å². The Labute approximate surface area is 192 Å². The molecule has 7 nitrogen and oxygen atoms in total. The number of benzene rings is 1. The Morgan fingerprint density at radius 3 is 2.48 bits per heavy atom. The van der Waals surface area contributed by atoms with Crippen LogP contribution in [0.2, 0.25) is 0 Å². The number of amides is 2. The lowest BCUT2D eigenvalue weighted by molar-refractivity contribution is -0.274. The van der Waals surface area contributed by atoms with E-state index in [1.807, 2.05) is 6.07 Å². The van der Waals surface area contributed by atoms with Gasteiger partial charge in [0.25, 0.3) is 5.91 Å². The lowest BCUT2D eigenvalue weighted by atomic mass is 10.2. The third kappa shape index (κ3) is 7.14. The molecule has 1 aliphatic heterocycles. The van der Waals surface area contributed by atoms with E-state index in [9.17, 15) is 27.2 Å². The molecule has 0 saturated carbocycles. The van der Waals surface area contributed by atoms with Gasteiger partial charge in [-0.25, -0.2) is 4.39 Å². The van der Waals surface area contributed by atoms with E-state index in [0.717, 1.165) is 4.88 Å². The molecule has 3 N–H and O–H groups in total. The van der Waals surface area contributed by atoms with Gasteiger partial charge in [0.05, 0.1) is 4.88 Å². The number of nitrogens with one attached hydrogen (secondary N) is 1. The van der Waals surface area contributed by atoms with Crippen molar-refractivity contribution in [2.45, 2.75) is 25.5 Å². The fourth-order valence-electron chi connectivity index (χ4n) is 3.37. The minimum atomic E-state index is -4.82. The van der Waals surface area contributed by atoms with Crippen molar-refractivity contribution in [2.75, 3.05) is 32.9 Å². The summed E-state index contributed by atoms with van der Waals surface area (Å²) in [5.74, 6) is -1.15. The number of carbonyl (C=O) groups excluding carboxylic acids is 2. The number of para-hydroxylation sites is 1. The molecule has 1 aromatic heterocycles. The molecule has 2 aromatic rings. The van der Waals surface area contributed by atoms with Crippen LogP contribution in [0.15, 0.2) is 36.4 Å². The summed E-state index contributed by atoms with van der Waals surface area (Å²) in [6, 6.07) is 7.98. The maximum absolute atomic E-state index is 12.6. The number of hydrogen-bond acceptors (Lipinski definition) is 6. The predicted molar refractivity (Wildman–Crippen MR) is 114 cm³/mol. The molecule has 1 fully saturated rings. The number of rotatable bonds is 8. The zero-order chi connectivity index (χ0) is 24.0. The highest BCUT2D eigenvalue weighted by molar-refractivity contribution is 7.14. The van der Waals surface area contributed by atoms with Crippen molar-refractivity contribution in [3.63, 3.8) is 0 Å². The van der Waals surface area contributed by atoms with Crippen LogP contribution in [-0.4, -0.2) is 66.9 Å². The van der Waals surface area contributed by atoms with Crippen LogP contribution < -0.4 is 15.8 Å². The van der Waals surface area contributed by atoms with Gasteiger partial charge in [0.2, 0.25) is 5.91 Å². The number of piperazine rings is 1. The summed E-state index contributed by atoms with van der Waals surface area (Å²) < 4.78 is 54.2. The van der Waals surface area contributed by atoms with E-state index in [2.05, 4.69) is 15.0 Å². The first-order valence-electron chi connectivity index (χ1n) is 10.2. The van der Waals surface area contributed by atoms with Gasteiger partial charge in [0, 0.05) is 49.7 Å². The number of nitrogens with zero attached hydrogens (tertiary/aromatic N) is 2. The monoisotopic (exact) mass is 488 g/mol. The van der Waals surface area contributed by atoms with Crippen molar-refractivity contribution in [1.82, 2.24) is 15.1 Å². The zero-order valence-corrected chi connectivity index (χ0v) is 18.4. The van der Waals surface area contributed by atoms with Crippen LogP contribution >= 0.6 is 11.3 Å². The van der Waals surface area contributed by atoms with E-state index < -0.39 is 30.9 Å². The Hall–Kier alpha value is -2.70. The van der Waals surface area contributed by atoms with E-state index in [0.29, 0.717) is 37.6 Å². The van der Waals surface area contributed by atoms with Gasteiger partial charge >= 0.3 is 6.36 Å². The smallest absolute Gasteiger partial charge is 0.405 e. The average Bonchev–Trinajstić information content (AvgIpc) is 3.25. The van der Waals surface area contributed by atoms with Crippen molar-refractivity contribution in [3.05, 3.63) is 51.7 Å². The van der Waals surface area contributed by atoms with Gasteiger partial charge in [0.1, 0.15) is 18.5 Å². The molecule has 0 radical (unpaired) electrons. The minimum Gasteiger partial charge on any atom is -0.405 e. The van der Waals surface area contributed by atoms with Gasteiger partial charge in [-0.15, -0.1) is 24.5 Å². The van der Waals surface area contributed by atoms with E-state index >= 15 is 0 Å². The van der Waals surface area contributed by atoms with Gasteiger partial charge in [0.15, 0.2) is 0 Å². The van der Waals surface area contributed by atoms with Crippen molar-refractivity contribution < 1.29 is 31.9 Å². The fourth-order valence-corrected chi connectivity index (χ4v) is 4.34. The summed E-state index contributed by atoms with van der Waals surface area (Å²) >= 11 is 1.28. The largest absolute Gasteiger partial charge is 0.573 e. The van der Waals surface area contributed by atoms with Gasteiger partial charge in [-0.05, 0) is 18.2 Å². The Bertz CT molecular complexity index is 961. The topological polar surface area (TPSA) is 87.9 Å². The number of nitrogens with two attached hydrogens (primary N) is 1. The number of alkyl halides is 4. The molecule has 0 spiro atoms. The Kier molecular flexibility index (Phi) is 8.27. The summed E-state index contributed by atoms with van der Waals surface area (Å²) in [5.41, 5.74) is 5.67. The highest BCUT2D eigenvalue weighted by Gasteiger charge is 2.32. The van der Waals surface area contributed by atoms with Crippen molar-refractivity contribution in [1.29, 1.82) is 0 Å². The SMILES string of the molecule is NC(CF)C(=O)N1CCN(Cc2ccc(C(=O)NCc3ccccc3OC(F)(F)F)s2)CC1. The number of carbonyl (C=O) groups is 2. The Morgan fingerprint density at radius 1 is 1.12 bits per heavy atom. The molecule has 3 rings (SSSR count). The zero-order valence-electron chi connectivity index (χ0n) is 17.6. The quantitative estimate of drug-likeness (QED) is 0.558. The maximum Gasteiger partial charge on any atom is 0.573 e. The second-order valence-corrected chi connectivity index (χ2v) is 8.63. The highest BCUT2D eigenvalue weighted by atomic mass is 32.1. The molecule has 2 heterocycles. The van der Waals surface area contributed by atoms with Crippen molar-refractivity contribution in [3.8, 4) is 5.75 Å². The summed E-state index contributed by atoms with van der Waals surface area (Å²) in [6.07, 6.45) is -4.82. The highest BCUT2D eigenvalue weighted by Crippen LogP contribution is 2.26. The summed E-state index contributed by atoms with van der Waals surface area (Å²) in [7, 11) is 0. The Morgan fingerprint density at radius 2 is 1.82 bits per heavy atom. The van der Waals surface area contributed by atoms with Crippen molar-refractivity contribution >= 4 is 23.2 Å². The molecule has 1 aliphatic rings. The van der Waals surface area contributed by atoms with E-state index in [1.165, 1.54) is 29.5 Å². The van der Waals surface area contributed by atoms with Gasteiger partial charge in [-0.2, -0.15) is 0 Å². The first kappa shape index (κ1) is 24.9. The van der Waals surface area contributed by atoms with E-state index in [1.54, 1.807) is 17.0 Å². The average molecular weight is 489 g/mol. The third-order valence-electron chi connectivity index (χ3n) is 5.07. The first-order valence-corrected chi connectivity index (χ1v) is 11.0. The number of halogens is 4. The molecule has 0 aliphatic carbocycles. The lowest BCUT2D eigenvalue weighted by Crippen LogP contribution is -2.53. The molecule has 12 heteroatoms. The summed E-state index contributed by atoms with van der Waals surface area (Å²) in [5, 5.41) is 2.62. The second-order valence-electron chi connectivity index (χ2n) is 7.47. The predicted octanol–water partition coefficient (Wildman–Crippen LogP) is 2.52. The van der Waals surface area contributed by atoms with Crippen LogP contribution in [0.1, 0.15) is 20.1 Å². The van der Waals surface area contributed by atoms with Gasteiger partial charge in [-0.1, -0.05) is 18.2 Å². The van der Waals surface area contributed by atoms with Gasteiger partial charge in [-0.3, -0.25) is 14.5 Å². The molecule has 33 heavy (non-hydrogen) atoms.